The summed E-state index contributed by atoms with van der Waals surface area (Å²) in [5.41, 5.74) is 4.27. The van der Waals surface area contributed by atoms with Crippen LogP contribution in [0, 0.1) is 27.7 Å². The molecule has 0 fully saturated rings. The number of esters is 1. The van der Waals surface area contributed by atoms with Crippen molar-refractivity contribution >= 4 is 11.9 Å². The van der Waals surface area contributed by atoms with E-state index in [2.05, 4.69) is 0 Å². The van der Waals surface area contributed by atoms with Crippen molar-refractivity contribution in [2.75, 3.05) is 0 Å². The van der Waals surface area contributed by atoms with Crippen LogP contribution in [0.2, 0.25) is 0 Å². The number of hydrogen-bond donors (Lipinski definition) is 1. The van der Waals surface area contributed by atoms with Crippen molar-refractivity contribution in [2.45, 2.75) is 40.7 Å². The van der Waals surface area contributed by atoms with Crippen molar-refractivity contribution in [3.63, 3.8) is 0 Å². The van der Waals surface area contributed by atoms with Gasteiger partial charge >= 0.3 is 11.9 Å². The van der Waals surface area contributed by atoms with Gasteiger partial charge in [-0.3, -0.25) is 4.79 Å². The number of carbonyl (C=O) groups is 2. The number of carboxylic acids is 1. The second-order valence-corrected chi connectivity index (χ2v) is 4.50. The molecule has 0 aliphatic rings. The molecule has 1 atom stereocenters. The molecule has 0 aliphatic carbocycles. The fourth-order valence-electron chi connectivity index (χ4n) is 2.04. The maximum atomic E-state index is 11.3. The summed E-state index contributed by atoms with van der Waals surface area (Å²) in [5, 5.41) is 9.23. The van der Waals surface area contributed by atoms with E-state index in [4.69, 9.17) is 4.74 Å². The summed E-state index contributed by atoms with van der Waals surface area (Å²) in [6.07, 6.45) is -1.24. The van der Waals surface area contributed by atoms with E-state index in [-0.39, 0.29) is 0 Å². The molecule has 0 saturated carbocycles. The summed E-state index contributed by atoms with van der Waals surface area (Å²) in [4.78, 5) is 22.3. The van der Waals surface area contributed by atoms with E-state index >= 15 is 0 Å². The van der Waals surface area contributed by atoms with Gasteiger partial charge in [0.1, 0.15) is 0 Å². The number of aliphatic carboxylic acids is 1. The zero-order valence-corrected chi connectivity index (χ0v) is 11.3. The fraction of sp³-hybridized carbons (Fsp3) is 0.429. The smallest absolute Gasteiger partial charge is 0.349 e. The van der Waals surface area contributed by atoms with Gasteiger partial charge in [0, 0.05) is 12.5 Å². The standard InChI is InChI=1S/C14H18O4/c1-7-6-8(2)10(4)12(9(7)3)13(14(16)17)18-11(5)15/h6,13H,1-5H3,(H,16,17). The third-order valence-corrected chi connectivity index (χ3v) is 3.19. The van der Waals surface area contributed by atoms with E-state index < -0.39 is 18.0 Å². The Kier molecular flexibility index (Phi) is 4.11. The summed E-state index contributed by atoms with van der Waals surface area (Å²) in [5.74, 6) is -1.75. The average Bonchev–Trinajstić information content (AvgIpc) is 2.24. The van der Waals surface area contributed by atoms with Crippen LogP contribution < -0.4 is 0 Å². The van der Waals surface area contributed by atoms with Gasteiger partial charge in [-0.1, -0.05) is 6.07 Å². The first-order valence-electron chi connectivity index (χ1n) is 5.73. The predicted octanol–water partition coefficient (Wildman–Crippen LogP) is 2.61. The number of carbonyl (C=O) groups excluding carboxylic acids is 1. The van der Waals surface area contributed by atoms with Crippen LogP contribution in [-0.4, -0.2) is 17.0 Å². The van der Waals surface area contributed by atoms with Crippen LogP contribution in [0.25, 0.3) is 0 Å². The first-order valence-corrected chi connectivity index (χ1v) is 5.73. The highest BCUT2D eigenvalue weighted by Crippen LogP contribution is 2.29. The van der Waals surface area contributed by atoms with Crippen LogP contribution in [0.1, 0.15) is 40.8 Å². The van der Waals surface area contributed by atoms with E-state index in [1.807, 2.05) is 33.8 Å². The van der Waals surface area contributed by atoms with Crippen molar-refractivity contribution in [1.29, 1.82) is 0 Å². The van der Waals surface area contributed by atoms with Gasteiger partial charge in [0.25, 0.3) is 0 Å². The highest BCUT2D eigenvalue weighted by Gasteiger charge is 2.27. The lowest BCUT2D eigenvalue weighted by atomic mass is 9.91. The lowest BCUT2D eigenvalue weighted by Crippen LogP contribution is -2.20. The normalized spacial score (nSPS) is 12.1. The summed E-state index contributed by atoms with van der Waals surface area (Å²) in [6, 6.07) is 2.00. The molecular formula is C14H18O4. The SMILES string of the molecule is CC(=O)OC(C(=O)O)c1c(C)c(C)cc(C)c1C. The molecule has 18 heavy (non-hydrogen) atoms. The fourth-order valence-corrected chi connectivity index (χ4v) is 2.04. The van der Waals surface area contributed by atoms with Crippen LogP contribution in [0.4, 0.5) is 0 Å². The zero-order valence-electron chi connectivity index (χ0n) is 11.3. The highest BCUT2D eigenvalue weighted by atomic mass is 16.6. The molecule has 0 amide bonds. The Hall–Kier alpha value is -1.84. The van der Waals surface area contributed by atoms with Gasteiger partial charge in [-0.25, -0.2) is 4.79 Å². The molecular weight excluding hydrogens is 232 g/mol. The summed E-state index contributed by atoms with van der Waals surface area (Å²) in [7, 11) is 0. The Balaban J connectivity index is 3.44. The van der Waals surface area contributed by atoms with Crippen LogP contribution in [0.15, 0.2) is 6.07 Å². The molecule has 4 nitrogen and oxygen atoms in total. The molecule has 0 bridgehead atoms. The summed E-state index contributed by atoms with van der Waals surface area (Å²) >= 11 is 0. The molecule has 0 spiro atoms. The number of benzene rings is 1. The number of rotatable bonds is 3. The van der Waals surface area contributed by atoms with Crippen LogP contribution >= 0.6 is 0 Å². The van der Waals surface area contributed by atoms with Gasteiger partial charge in [0.15, 0.2) is 0 Å². The number of ether oxygens (including phenoxy) is 1. The molecule has 1 unspecified atom stereocenters. The van der Waals surface area contributed by atoms with Gasteiger partial charge in [-0.2, -0.15) is 0 Å². The third kappa shape index (κ3) is 2.70. The summed E-state index contributed by atoms with van der Waals surface area (Å²) < 4.78 is 4.93. The Morgan fingerprint density at radius 3 is 1.89 bits per heavy atom. The van der Waals surface area contributed by atoms with Crippen molar-refractivity contribution in [3.05, 3.63) is 33.9 Å². The molecule has 0 saturated heterocycles. The Morgan fingerprint density at radius 1 is 1.11 bits per heavy atom. The molecule has 0 aromatic heterocycles. The molecule has 0 aliphatic heterocycles. The predicted molar refractivity (Wildman–Crippen MR) is 67.5 cm³/mol. The van der Waals surface area contributed by atoms with E-state index in [1.54, 1.807) is 0 Å². The van der Waals surface area contributed by atoms with Crippen molar-refractivity contribution in [3.8, 4) is 0 Å². The maximum absolute atomic E-state index is 11.3. The van der Waals surface area contributed by atoms with Crippen molar-refractivity contribution < 1.29 is 19.4 Å². The molecule has 0 radical (unpaired) electrons. The molecule has 1 aromatic carbocycles. The van der Waals surface area contributed by atoms with E-state index in [9.17, 15) is 14.7 Å². The second kappa shape index (κ2) is 5.21. The monoisotopic (exact) mass is 250 g/mol. The van der Waals surface area contributed by atoms with Crippen molar-refractivity contribution in [1.82, 2.24) is 0 Å². The third-order valence-electron chi connectivity index (χ3n) is 3.19. The minimum absolute atomic E-state index is 0.579. The van der Waals surface area contributed by atoms with Crippen LogP contribution in [0.5, 0.6) is 0 Å². The second-order valence-electron chi connectivity index (χ2n) is 4.50. The topological polar surface area (TPSA) is 63.6 Å². The molecule has 4 heteroatoms. The Morgan fingerprint density at radius 2 is 1.56 bits per heavy atom. The number of hydrogen-bond acceptors (Lipinski definition) is 3. The van der Waals surface area contributed by atoms with Crippen LogP contribution in [0.3, 0.4) is 0 Å². The molecule has 98 valence electrons. The minimum Gasteiger partial charge on any atom is -0.478 e. The average molecular weight is 250 g/mol. The first kappa shape index (κ1) is 14.2. The van der Waals surface area contributed by atoms with Gasteiger partial charge in [0.2, 0.25) is 6.10 Å². The van der Waals surface area contributed by atoms with Gasteiger partial charge in [0.05, 0.1) is 0 Å². The first-order chi connectivity index (χ1) is 8.25. The van der Waals surface area contributed by atoms with E-state index in [0.29, 0.717) is 5.56 Å². The minimum atomic E-state index is -1.24. The molecule has 1 rings (SSSR count). The summed E-state index contributed by atoms with van der Waals surface area (Å²) in [6.45, 7) is 8.73. The largest absolute Gasteiger partial charge is 0.478 e. The quantitative estimate of drug-likeness (QED) is 0.837. The molecule has 1 N–H and O–H groups in total. The lowest BCUT2D eigenvalue weighted by Gasteiger charge is -2.20. The number of carboxylic acid groups (broad SMARTS) is 1. The highest BCUT2D eigenvalue weighted by molar-refractivity contribution is 5.79. The van der Waals surface area contributed by atoms with Gasteiger partial charge in [-0.15, -0.1) is 0 Å². The van der Waals surface area contributed by atoms with E-state index in [1.165, 1.54) is 6.92 Å². The molecule has 0 heterocycles. The van der Waals surface area contributed by atoms with Gasteiger partial charge in [-0.05, 0) is 49.9 Å². The maximum Gasteiger partial charge on any atom is 0.349 e. The van der Waals surface area contributed by atoms with Gasteiger partial charge < -0.3 is 9.84 Å². The van der Waals surface area contributed by atoms with Crippen LogP contribution in [-0.2, 0) is 14.3 Å². The number of aryl methyl sites for hydroxylation is 2. The zero-order chi connectivity index (χ0) is 14.0. The molecule has 1 aromatic rings. The van der Waals surface area contributed by atoms with Crippen molar-refractivity contribution in [2.24, 2.45) is 0 Å². The Bertz CT molecular complexity index is 477. The Labute approximate surface area is 107 Å². The lowest BCUT2D eigenvalue weighted by molar-refractivity contribution is -0.163. The van der Waals surface area contributed by atoms with E-state index in [0.717, 1.165) is 22.3 Å².